The third-order valence-corrected chi connectivity index (χ3v) is 3.68. The Morgan fingerprint density at radius 2 is 2.15 bits per heavy atom. The first-order chi connectivity index (χ1) is 9.69. The second-order valence-electron chi connectivity index (χ2n) is 4.48. The fourth-order valence-corrected chi connectivity index (χ4v) is 2.63. The Balaban J connectivity index is 2.30. The van der Waals surface area contributed by atoms with E-state index in [4.69, 9.17) is 4.74 Å². The van der Waals surface area contributed by atoms with E-state index in [1.807, 2.05) is 10.7 Å². The van der Waals surface area contributed by atoms with Crippen LogP contribution in [0.4, 0.5) is 0 Å². The van der Waals surface area contributed by atoms with E-state index in [1.165, 1.54) is 0 Å². The fourth-order valence-electron chi connectivity index (χ4n) is 2.11. The highest BCUT2D eigenvalue weighted by Gasteiger charge is 2.22. The van der Waals surface area contributed by atoms with Gasteiger partial charge in [-0.3, -0.25) is 9.36 Å². The van der Waals surface area contributed by atoms with Gasteiger partial charge in [-0.05, 0) is 28.4 Å². The molecule has 0 saturated carbocycles. The predicted molar refractivity (Wildman–Crippen MR) is 78.4 cm³/mol. The monoisotopic (exact) mass is 342 g/mol. The molecule has 0 fully saturated rings. The second-order valence-corrected chi connectivity index (χ2v) is 5.33. The van der Waals surface area contributed by atoms with Crippen molar-refractivity contribution < 1.29 is 9.84 Å². The molecule has 2 heterocycles. The molecule has 110 valence electrons. The van der Waals surface area contributed by atoms with Crippen LogP contribution >= 0.6 is 15.9 Å². The Morgan fingerprint density at radius 3 is 2.85 bits per heavy atom. The molecule has 0 bridgehead atoms. The van der Waals surface area contributed by atoms with E-state index in [9.17, 15) is 5.11 Å². The van der Waals surface area contributed by atoms with Crippen molar-refractivity contribution in [1.29, 1.82) is 0 Å². The first-order valence-corrected chi connectivity index (χ1v) is 7.38. The molecule has 0 amide bonds. The van der Waals surface area contributed by atoms with E-state index >= 15 is 0 Å². The van der Waals surface area contributed by atoms with Gasteiger partial charge in [-0.25, -0.2) is 0 Å². The van der Waals surface area contributed by atoms with Gasteiger partial charge >= 0.3 is 0 Å². The molecule has 2 rings (SSSR count). The van der Waals surface area contributed by atoms with E-state index in [0.717, 1.165) is 28.8 Å². The number of aryl methyl sites for hydroxylation is 1. The van der Waals surface area contributed by atoms with Crippen LogP contribution in [-0.4, -0.2) is 38.4 Å². The first-order valence-electron chi connectivity index (χ1n) is 6.59. The van der Waals surface area contributed by atoms with Crippen LogP contribution in [-0.2, 0) is 17.8 Å². The number of aliphatic hydroxyl groups is 1. The van der Waals surface area contributed by atoms with Gasteiger partial charge in [0.2, 0.25) is 0 Å². The van der Waals surface area contributed by atoms with Gasteiger partial charge in [0.05, 0.1) is 35.2 Å². The van der Waals surface area contributed by atoms with Gasteiger partial charge in [-0.2, -0.15) is 10.2 Å². The number of aliphatic hydroxyl groups excluding tert-OH is 1. The number of hydrogen-bond donors (Lipinski definition) is 1. The number of rotatable bonds is 7. The minimum atomic E-state index is -0.766. The largest absolute Gasteiger partial charge is 0.383 e. The number of aromatic nitrogens is 4. The summed E-state index contributed by atoms with van der Waals surface area (Å²) < 4.78 is 9.43. The van der Waals surface area contributed by atoms with Crippen LogP contribution in [0.25, 0.3) is 0 Å². The molecule has 2 aromatic rings. The average molecular weight is 343 g/mol. The Kier molecular flexibility index (Phi) is 5.33. The molecule has 0 saturated heterocycles. The summed E-state index contributed by atoms with van der Waals surface area (Å²) in [5.41, 5.74) is 1.49. The molecule has 0 aliphatic heterocycles. The van der Waals surface area contributed by atoms with Crippen LogP contribution in [0.1, 0.15) is 30.8 Å². The number of methoxy groups -OCH3 is 1. The molecule has 0 aliphatic carbocycles. The molecule has 0 spiro atoms. The SMILES string of the molecule is CCCn1nccc1C(O)c1c(Br)cnn1CCOC. The Morgan fingerprint density at radius 1 is 1.35 bits per heavy atom. The summed E-state index contributed by atoms with van der Waals surface area (Å²) in [5, 5.41) is 19.2. The molecule has 7 heteroatoms. The summed E-state index contributed by atoms with van der Waals surface area (Å²) >= 11 is 3.44. The molecular formula is C13H19BrN4O2. The normalized spacial score (nSPS) is 12.8. The minimum absolute atomic E-state index is 0.544. The molecule has 2 aromatic heterocycles. The van der Waals surface area contributed by atoms with Gasteiger partial charge in [0.1, 0.15) is 6.10 Å². The lowest BCUT2D eigenvalue weighted by Crippen LogP contribution is -2.16. The maximum Gasteiger partial charge on any atom is 0.138 e. The van der Waals surface area contributed by atoms with E-state index in [-0.39, 0.29) is 0 Å². The van der Waals surface area contributed by atoms with Crippen molar-refractivity contribution >= 4 is 15.9 Å². The Hall–Kier alpha value is -1.18. The van der Waals surface area contributed by atoms with Gasteiger partial charge < -0.3 is 9.84 Å². The molecule has 1 atom stereocenters. The number of nitrogens with zero attached hydrogens (tertiary/aromatic N) is 4. The highest BCUT2D eigenvalue weighted by Crippen LogP contribution is 2.28. The van der Waals surface area contributed by atoms with Crippen LogP contribution < -0.4 is 0 Å². The van der Waals surface area contributed by atoms with Crippen molar-refractivity contribution in [3.05, 3.63) is 34.3 Å². The van der Waals surface area contributed by atoms with Crippen molar-refractivity contribution in [3.63, 3.8) is 0 Å². The van der Waals surface area contributed by atoms with E-state index in [2.05, 4.69) is 33.1 Å². The molecule has 1 unspecified atom stereocenters. The summed E-state index contributed by atoms with van der Waals surface area (Å²) in [5.74, 6) is 0. The fraction of sp³-hybridized carbons (Fsp3) is 0.538. The third kappa shape index (κ3) is 3.11. The van der Waals surface area contributed by atoms with Crippen molar-refractivity contribution in [1.82, 2.24) is 19.6 Å². The number of ether oxygens (including phenoxy) is 1. The van der Waals surface area contributed by atoms with E-state index < -0.39 is 6.10 Å². The van der Waals surface area contributed by atoms with E-state index in [1.54, 1.807) is 24.2 Å². The van der Waals surface area contributed by atoms with Gasteiger partial charge in [-0.1, -0.05) is 6.92 Å². The van der Waals surface area contributed by atoms with Crippen molar-refractivity contribution in [2.24, 2.45) is 0 Å². The molecular weight excluding hydrogens is 324 g/mol. The van der Waals surface area contributed by atoms with Crippen molar-refractivity contribution in [2.45, 2.75) is 32.5 Å². The van der Waals surface area contributed by atoms with Crippen molar-refractivity contribution in [3.8, 4) is 0 Å². The molecule has 0 aliphatic rings. The zero-order valence-corrected chi connectivity index (χ0v) is 13.2. The van der Waals surface area contributed by atoms with Crippen molar-refractivity contribution in [2.75, 3.05) is 13.7 Å². The maximum absolute atomic E-state index is 10.6. The molecule has 20 heavy (non-hydrogen) atoms. The van der Waals surface area contributed by atoms with Crippen LogP contribution in [0, 0.1) is 0 Å². The lowest BCUT2D eigenvalue weighted by Gasteiger charge is -2.15. The van der Waals surface area contributed by atoms with Crippen LogP contribution in [0.3, 0.4) is 0 Å². The van der Waals surface area contributed by atoms with Gasteiger partial charge in [-0.15, -0.1) is 0 Å². The molecule has 6 nitrogen and oxygen atoms in total. The van der Waals surface area contributed by atoms with Crippen LogP contribution in [0.15, 0.2) is 22.9 Å². The lowest BCUT2D eigenvalue weighted by atomic mass is 10.2. The van der Waals surface area contributed by atoms with Crippen LogP contribution in [0.2, 0.25) is 0 Å². The third-order valence-electron chi connectivity index (χ3n) is 3.06. The highest BCUT2D eigenvalue weighted by molar-refractivity contribution is 9.10. The van der Waals surface area contributed by atoms with Gasteiger partial charge in [0.25, 0.3) is 0 Å². The van der Waals surface area contributed by atoms with Gasteiger partial charge in [0.15, 0.2) is 0 Å². The highest BCUT2D eigenvalue weighted by atomic mass is 79.9. The Bertz CT molecular complexity index is 552. The standard InChI is InChI=1S/C13H19BrN4O2/c1-3-6-17-11(4-5-15-17)13(19)12-10(14)9-16-18(12)7-8-20-2/h4-5,9,13,19H,3,6-8H2,1-2H3. The summed E-state index contributed by atoms with van der Waals surface area (Å²) in [6.07, 6.45) is 3.59. The zero-order chi connectivity index (χ0) is 14.5. The quantitative estimate of drug-likeness (QED) is 0.835. The van der Waals surface area contributed by atoms with E-state index in [0.29, 0.717) is 13.2 Å². The smallest absolute Gasteiger partial charge is 0.138 e. The molecule has 1 N–H and O–H groups in total. The molecule has 0 radical (unpaired) electrons. The Labute approximate surface area is 126 Å². The number of hydrogen-bond acceptors (Lipinski definition) is 4. The van der Waals surface area contributed by atoms with Gasteiger partial charge in [0, 0.05) is 19.9 Å². The van der Waals surface area contributed by atoms with Crippen LogP contribution in [0.5, 0.6) is 0 Å². The summed E-state index contributed by atoms with van der Waals surface area (Å²) in [7, 11) is 1.64. The summed E-state index contributed by atoms with van der Waals surface area (Å²) in [4.78, 5) is 0. The topological polar surface area (TPSA) is 65.1 Å². The second kappa shape index (κ2) is 7.01. The molecule has 0 aromatic carbocycles. The maximum atomic E-state index is 10.6. The summed E-state index contributed by atoms with van der Waals surface area (Å²) in [6, 6.07) is 1.83. The lowest BCUT2D eigenvalue weighted by molar-refractivity contribution is 0.167. The minimum Gasteiger partial charge on any atom is -0.383 e. The summed E-state index contributed by atoms with van der Waals surface area (Å²) in [6.45, 7) is 4.00. The first kappa shape index (κ1) is 15.2. The number of halogens is 1. The zero-order valence-electron chi connectivity index (χ0n) is 11.7. The predicted octanol–water partition coefficient (Wildman–Crippen LogP) is 1.98. The average Bonchev–Trinajstić information content (AvgIpc) is 3.03.